The largest absolute Gasteiger partial charge is 0.321 e. The Labute approximate surface area is 54.8 Å². The Balaban J connectivity index is 3.72. The van der Waals surface area contributed by atoms with Crippen LogP contribution < -0.4 is 5.32 Å². The number of rotatable bonds is 0. The summed E-state index contributed by atoms with van der Waals surface area (Å²) in [4.78, 5) is 2.05. The van der Waals surface area contributed by atoms with Gasteiger partial charge in [-0.3, -0.25) is 0 Å². The zero-order valence-electron chi connectivity index (χ0n) is 5.86. The van der Waals surface area contributed by atoms with E-state index in [1.807, 2.05) is 32.3 Å². The van der Waals surface area contributed by atoms with Crippen molar-refractivity contribution in [1.29, 1.82) is 0 Å². The van der Waals surface area contributed by atoms with Gasteiger partial charge in [-0.1, -0.05) is 0 Å². The van der Waals surface area contributed by atoms with Crippen LogP contribution in [0.15, 0.2) is 0 Å². The van der Waals surface area contributed by atoms with Gasteiger partial charge in [-0.15, -0.1) is 0 Å². The summed E-state index contributed by atoms with van der Waals surface area (Å²) < 4.78 is 0. The van der Waals surface area contributed by atoms with E-state index in [4.69, 9.17) is 0 Å². The maximum Gasteiger partial charge on any atom is 0.321 e. The molecule has 48 valence electrons. The second-order valence-electron chi connectivity index (χ2n) is 1.65. The zero-order chi connectivity index (χ0) is 6.57. The van der Waals surface area contributed by atoms with Crippen LogP contribution >= 0.6 is 0 Å². The molecule has 2 nitrogen and oxygen atoms in total. The van der Waals surface area contributed by atoms with Gasteiger partial charge in [0.25, 0.3) is 0 Å². The lowest BCUT2D eigenvalue weighted by Crippen LogP contribution is -2.34. The summed E-state index contributed by atoms with van der Waals surface area (Å²) in [5.74, 6) is 0. The van der Waals surface area contributed by atoms with Crippen molar-refractivity contribution < 1.29 is 0 Å². The number of hydrogen-bond donors (Lipinski definition) is 1. The van der Waals surface area contributed by atoms with E-state index in [0.29, 0.717) is 0 Å². The fourth-order valence-electron chi connectivity index (χ4n) is 0.508. The Kier molecular flexibility index (Phi) is 3.95. The van der Waals surface area contributed by atoms with Crippen LogP contribution in [0.3, 0.4) is 0 Å². The second kappa shape index (κ2) is 3.95. The van der Waals surface area contributed by atoms with Crippen LogP contribution in [0, 0.1) is 0 Å². The summed E-state index contributed by atoms with van der Waals surface area (Å²) in [5, 5.41) is 4.24. The molecule has 0 aromatic heterocycles. The lowest BCUT2D eigenvalue weighted by Gasteiger charge is -2.01. The van der Waals surface area contributed by atoms with E-state index in [2.05, 4.69) is 5.32 Å². The molecule has 0 aliphatic heterocycles. The molecule has 0 radical (unpaired) electrons. The third-order valence-corrected chi connectivity index (χ3v) is 1.77. The van der Waals surface area contributed by atoms with Crippen LogP contribution in [0.25, 0.3) is 0 Å². The van der Waals surface area contributed by atoms with E-state index in [0.717, 1.165) is 0 Å². The van der Waals surface area contributed by atoms with E-state index in [-0.39, 0.29) is 0 Å². The predicted molar refractivity (Wildman–Crippen MR) is 41.0 cm³/mol. The molecule has 0 aliphatic rings. The lowest BCUT2D eigenvalue weighted by molar-refractivity contribution is 0.612. The predicted octanol–water partition coefficient (Wildman–Crippen LogP) is -0.433. The topological polar surface area (TPSA) is 15.3 Å². The molecule has 0 unspecified atom stereocenters. The maximum atomic E-state index is 3.06. The molecular formula is C5H13N2S+. The lowest BCUT2D eigenvalue weighted by atomic mass is 10.9. The normalized spacial score (nSPS) is 12.9. The van der Waals surface area contributed by atoms with Crippen molar-refractivity contribution in [1.82, 2.24) is 10.2 Å². The van der Waals surface area contributed by atoms with E-state index in [1.54, 1.807) is 11.4 Å². The molecule has 0 saturated carbocycles. The maximum absolute atomic E-state index is 3.06. The summed E-state index contributed by atoms with van der Waals surface area (Å²) in [5.41, 5.74) is 0. The van der Waals surface area contributed by atoms with Gasteiger partial charge in [0.05, 0.1) is 0 Å². The molecule has 1 N–H and O–H groups in total. The van der Waals surface area contributed by atoms with Crippen molar-refractivity contribution in [3.63, 3.8) is 0 Å². The number of nitrogens with one attached hydrogen (secondary N) is 1. The second-order valence-corrected chi connectivity index (χ2v) is 2.45. The monoisotopic (exact) mass is 133 g/mol. The first-order valence-electron chi connectivity index (χ1n) is 2.48. The smallest absolute Gasteiger partial charge is 0.232 e. The van der Waals surface area contributed by atoms with Gasteiger partial charge in [-0.25, -0.2) is 10.2 Å². The van der Waals surface area contributed by atoms with Gasteiger partial charge in [0, 0.05) is 0 Å². The van der Waals surface area contributed by atoms with Gasteiger partial charge in [-0.2, -0.15) is 0 Å². The van der Waals surface area contributed by atoms with E-state index >= 15 is 0 Å². The van der Waals surface area contributed by atoms with Gasteiger partial charge in [0.1, 0.15) is 0 Å². The van der Waals surface area contributed by atoms with Crippen LogP contribution in [0.2, 0.25) is 0 Å². The van der Waals surface area contributed by atoms with E-state index < -0.39 is 0 Å². The average Bonchev–Trinajstić information content (AvgIpc) is 1.69. The highest BCUT2D eigenvalue weighted by atomic mass is 32.1. The summed E-state index contributed by atoms with van der Waals surface area (Å²) in [6.07, 6.45) is 2.05. The quantitative estimate of drug-likeness (QED) is 0.356. The molecule has 0 heterocycles. The third kappa shape index (κ3) is 2.35. The van der Waals surface area contributed by atoms with Crippen LogP contribution in [-0.2, 0) is 11.4 Å². The molecule has 8 heavy (non-hydrogen) atoms. The Morgan fingerprint density at radius 3 is 2.00 bits per heavy atom. The molecule has 0 bridgehead atoms. The van der Waals surface area contributed by atoms with Gasteiger partial charge < -0.3 is 0 Å². The van der Waals surface area contributed by atoms with Crippen LogP contribution in [0.4, 0.5) is 0 Å². The molecular weight excluding hydrogens is 120 g/mol. The minimum Gasteiger partial charge on any atom is -0.232 e. The fourth-order valence-corrected chi connectivity index (χ4v) is 1.08. The fraction of sp³-hybridized carbons (Fsp3) is 0.800. The van der Waals surface area contributed by atoms with Crippen molar-refractivity contribution in [3.05, 3.63) is 0 Å². The first-order valence-corrected chi connectivity index (χ1v) is 3.71. The Bertz CT molecular complexity index is 88.4. The summed E-state index contributed by atoms with van der Waals surface area (Å²) >= 11 is 1.71. The molecule has 0 fully saturated rings. The van der Waals surface area contributed by atoms with Gasteiger partial charge in [0.2, 0.25) is 11.4 Å². The molecule has 0 saturated heterocycles. The molecule has 0 atom stereocenters. The molecule has 0 rings (SSSR count). The van der Waals surface area contributed by atoms with Crippen LogP contribution in [0.1, 0.15) is 0 Å². The summed E-state index contributed by atoms with van der Waals surface area (Å²) in [6.45, 7) is 0. The average molecular weight is 133 g/mol. The standard InChI is InChI=1S/C5H13N2S/c1-6-5(8-4)7(2)3/h6H,1-4H3/q+1. The highest BCUT2D eigenvalue weighted by molar-refractivity contribution is 7.77. The highest BCUT2D eigenvalue weighted by Crippen LogP contribution is 1.71. The van der Waals surface area contributed by atoms with Crippen LogP contribution in [0.5, 0.6) is 0 Å². The van der Waals surface area contributed by atoms with Gasteiger partial charge in [0.15, 0.2) is 6.26 Å². The number of nitrogens with zero attached hydrogens (tertiary/aromatic N) is 1. The van der Waals surface area contributed by atoms with Gasteiger partial charge >= 0.3 is 5.11 Å². The third-order valence-electron chi connectivity index (χ3n) is 0.813. The Morgan fingerprint density at radius 2 is 2.00 bits per heavy atom. The van der Waals surface area contributed by atoms with Crippen molar-refractivity contribution in [2.75, 3.05) is 27.4 Å². The van der Waals surface area contributed by atoms with Crippen molar-refractivity contribution in [3.8, 4) is 0 Å². The first-order chi connectivity index (χ1) is 3.72. The van der Waals surface area contributed by atoms with E-state index in [9.17, 15) is 0 Å². The summed E-state index contributed by atoms with van der Waals surface area (Å²) in [7, 11) is 5.95. The van der Waals surface area contributed by atoms with E-state index in [1.165, 1.54) is 5.11 Å². The Hall–Kier alpha value is 0.01000. The summed E-state index contributed by atoms with van der Waals surface area (Å²) in [6, 6.07) is 0. The molecule has 0 spiro atoms. The Morgan fingerprint density at radius 1 is 1.50 bits per heavy atom. The first kappa shape index (κ1) is 8.01. The van der Waals surface area contributed by atoms with Crippen LogP contribution in [-0.4, -0.2) is 37.4 Å². The minimum atomic E-state index is 1.19. The molecule has 0 aliphatic carbocycles. The van der Waals surface area contributed by atoms with Gasteiger partial charge in [-0.05, 0) is 21.1 Å². The SMILES string of the molecule is CN/C(=[S+]/C)N(C)C. The minimum absolute atomic E-state index is 1.19. The van der Waals surface area contributed by atoms with Crippen molar-refractivity contribution in [2.24, 2.45) is 0 Å². The number of hydrogen-bond acceptors (Lipinski definition) is 0. The highest BCUT2D eigenvalue weighted by Gasteiger charge is 2.05. The van der Waals surface area contributed by atoms with Crippen molar-refractivity contribution in [2.45, 2.75) is 0 Å². The van der Waals surface area contributed by atoms with Crippen molar-refractivity contribution >= 4 is 16.5 Å². The zero-order valence-corrected chi connectivity index (χ0v) is 6.67. The molecule has 3 heteroatoms. The molecule has 0 aromatic carbocycles. The molecule has 0 amide bonds. The molecule has 0 aromatic rings.